The third-order valence-electron chi connectivity index (χ3n) is 2.89. The second-order valence-electron chi connectivity index (χ2n) is 4.53. The summed E-state index contributed by atoms with van der Waals surface area (Å²) in [6.45, 7) is 3.70. The first kappa shape index (κ1) is 14.0. The Kier molecular flexibility index (Phi) is 4.19. The van der Waals surface area contributed by atoms with E-state index in [1.807, 2.05) is 13.8 Å². The van der Waals surface area contributed by atoms with E-state index < -0.39 is 17.8 Å². The monoisotopic (exact) mass is 250 g/mol. The fourth-order valence-corrected chi connectivity index (χ4v) is 1.62. The van der Waals surface area contributed by atoms with Gasteiger partial charge in [-0.25, -0.2) is 0 Å². The maximum atomic E-state index is 12.4. The highest BCUT2D eigenvalue weighted by molar-refractivity contribution is 5.82. The van der Waals surface area contributed by atoms with Crippen LogP contribution in [0.3, 0.4) is 0 Å². The van der Waals surface area contributed by atoms with Crippen LogP contribution in [0.1, 0.15) is 20.3 Å². The number of carbonyl (C=O) groups excluding carboxylic acids is 1. The minimum Gasteiger partial charge on any atom is -0.337 e. The summed E-state index contributed by atoms with van der Waals surface area (Å²) >= 11 is 0. The lowest BCUT2D eigenvalue weighted by atomic mass is 10.0. The van der Waals surface area contributed by atoms with E-state index in [1.165, 1.54) is 4.90 Å². The van der Waals surface area contributed by atoms with Crippen molar-refractivity contribution in [3.8, 4) is 0 Å². The van der Waals surface area contributed by atoms with Gasteiger partial charge in [0.25, 0.3) is 0 Å². The van der Waals surface area contributed by atoms with Crippen molar-refractivity contribution in [2.45, 2.75) is 32.5 Å². The highest BCUT2D eigenvalue weighted by atomic mass is 19.4. The van der Waals surface area contributed by atoms with Gasteiger partial charge in [-0.1, -0.05) is 19.9 Å². The van der Waals surface area contributed by atoms with Gasteiger partial charge in [0.1, 0.15) is 0 Å². The van der Waals surface area contributed by atoms with Gasteiger partial charge in [0, 0.05) is 18.7 Å². The summed E-state index contributed by atoms with van der Waals surface area (Å²) in [7, 11) is 0. The summed E-state index contributed by atoms with van der Waals surface area (Å²) in [6, 6.07) is -0.643. The minimum atomic E-state index is -4.28. The smallest absolute Gasteiger partial charge is 0.337 e. The van der Waals surface area contributed by atoms with Gasteiger partial charge in [-0.05, 0) is 12.3 Å². The third kappa shape index (κ3) is 3.46. The van der Waals surface area contributed by atoms with Gasteiger partial charge in [-0.2, -0.15) is 13.2 Å². The molecule has 0 aromatic heterocycles. The number of hydrogen-bond donors (Lipinski definition) is 1. The van der Waals surface area contributed by atoms with Crippen molar-refractivity contribution in [2.24, 2.45) is 11.7 Å². The first-order valence-corrected chi connectivity index (χ1v) is 5.54. The Balaban J connectivity index is 2.64. The Labute approximate surface area is 98.5 Å². The Hall–Kier alpha value is -1.04. The Bertz CT molecular complexity index is 323. The van der Waals surface area contributed by atoms with Gasteiger partial charge in [0.2, 0.25) is 5.91 Å². The molecule has 0 radical (unpaired) electrons. The van der Waals surface area contributed by atoms with Crippen molar-refractivity contribution in [2.75, 3.05) is 13.1 Å². The maximum absolute atomic E-state index is 12.4. The predicted molar refractivity (Wildman–Crippen MR) is 58.1 cm³/mol. The predicted octanol–water partition coefficient (Wildman–Crippen LogP) is 1.69. The van der Waals surface area contributed by atoms with Crippen molar-refractivity contribution in [3.05, 3.63) is 11.6 Å². The van der Waals surface area contributed by atoms with E-state index in [0.717, 1.165) is 6.08 Å². The van der Waals surface area contributed by atoms with Crippen LogP contribution >= 0.6 is 0 Å². The molecule has 1 unspecified atom stereocenters. The fraction of sp³-hybridized carbons (Fsp3) is 0.727. The van der Waals surface area contributed by atoms with Gasteiger partial charge in [0.05, 0.1) is 6.04 Å². The number of hydrogen-bond acceptors (Lipinski definition) is 2. The van der Waals surface area contributed by atoms with Crippen molar-refractivity contribution in [1.29, 1.82) is 0 Å². The zero-order chi connectivity index (χ0) is 13.2. The van der Waals surface area contributed by atoms with Crippen LogP contribution < -0.4 is 5.73 Å². The number of halogens is 3. The first-order valence-electron chi connectivity index (χ1n) is 5.54. The fourth-order valence-electron chi connectivity index (χ4n) is 1.62. The molecule has 17 heavy (non-hydrogen) atoms. The molecule has 1 heterocycles. The van der Waals surface area contributed by atoms with E-state index in [2.05, 4.69) is 0 Å². The maximum Gasteiger partial charge on any atom is 0.412 e. The minimum absolute atomic E-state index is 0.00586. The molecule has 6 heteroatoms. The first-order chi connectivity index (χ1) is 7.73. The molecule has 1 amide bonds. The van der Waals surface area contributed by atoms with Gasteiger partial charge >= 0.3 is 6.18 Å². The highest BCUT2D eigenvalue weighted by Gasteiger charge is 2.36. The summed E-state index contributed by atoms with van der Waals surface area (Å²) in [6.07, 6.45) is -3.37. The molecule has 0 saturated carbocycles. The average Bonchev–Trinajstić information content (AvgIpc) is 2.26. The molecule has 0 fully saturated rings. The lowest BCUT2D eigenvalue weighted by Gasteiger charge is -2.30. The van der Waals surface area contributed by atoms with Gasteiger partial charge in [-0.15, -0.1) is 0 Å². The largest absolute Gasteiger partial charge is 0.412 e. The van der Waals surface area contributed by atoms with Gasteiger partial charge in [-0.3, -0.25) is 4.79 Å². The second kappa shape index (κ2) is 5.08. The topological polar surface area (TPSA) is 46.3 Å². The molecular formula is C11H17F3N2O. The standard InChI is InChI=1S/C11H17F3N2O/c1-7(2)9(15)10(17)16-5-3-8(4-6-16)11(12,13)14/h3,7,9H,4-6,15H2,1-2H3. The van der Waals surface area contributed by atoms with Crippen LogP contribution in [0.5, 0.6) is 0 Å². The quantitative estimate of drug-likeness (QED) is 0.758. The lowest BCUT2D eigenvalue weighted by Crippen LogP contribution is -2.48. The summed E-state index contributed by atoms with van der Waals surface area (Å²) in [4.78, 5) is 13.2. The van der Waals surface area contributed by atoms with Crippen LogP contribution in [-0.2, 0) is 4.79 Å². The van der Waals surface area contributed by atoms with Crippen LogP contribution in [0.4, 0.5) is 13.2 Å². The zero-order valence-electron chi connectivity index (χ0n) is 9.92. The zero-order valence-corrected chi connectivity index (χ0v) is 9.92. The van der Waals surface area contributed by atoms with Gasteiger partial charge in [0.15, 0.2) is 0 Å². The van der Waals surface area contributed by atoms with Crippen molar-refractivity contribution < 1.29 is 18.0 Å². The normalized spacial score (nSPS) is 19.2. The Morgan fingerprint density at radius 2 is 2.06 bits per heavy atom. The molecule has 0 aliphatic carbocycles. The average molecular weight is 250 g/mol. The molecule has 3 nitrogen and oxygen atoms in total. The summed E-state index contributed by atoms with van der Waals surface area (Å²) in [5.41, 5.74) is 5.12. The number of amides is 1. The summed E-state index contributed by atoms with van der Waals surface area (Å²) in [5, 5.41) is 0. The lowest BCUT2D eigenvalue weighted by molar-refractivity contribution is -0.134. The van der Waals surface area contributed by atoms with Crippen LogP contribution in [0.2, 0.25) is 0 Å². The molecule has 0 bridgehead atoms. The number of rotatable bonds is 2. The summed E-state index contributed by atoms with van der Waals surface area (Å²) < 4.78 is 37.1. The summed E-state index contributed by atoms with van der Waals surface area (Å²) in [5.74, 6) is -0.298. The Morgan fingerprint density at radius 3 is 2.41 bits per heavy atom. The highest BCUT2D eigenvalue weighted by Crippen LogP contribution is 2.30. The molecule has 1 aliphatic rings. The van der Waals surface area contributed by atoms with Crippen LogP contribution in [0.25, 0.3) is 0 Å². The van der Waals surface area contributed by atoms with E-state index in [-0.39, 0.29) is 31.3 Å². The van der Waals surface area contributed by atoms with E-state index in [4.69, 9.17) is 5.73 Å². The van der Waals surface area contributed by atoms with Crippen LogP contribution in [0.15, 0.2) is 11.6 Å². The molecule has 1 atom stereocenters. The number of nitrogens with two attached hydrogens (primary N) is 1. The van der Waals surface area contributed by atoms with Crippen LogP contribution in [0, 0.1) is 5.92 Å². The van der Waals surface area contributed by atoms with E-state index in [0.29, 0.717) is 0 Å². The molecule has 2 N–H and O–H groups in total. The van der Waals surface area contributed by atoms with Crippen molar-refractivity contribution >= 4 is 5.91 Å². The van der Waals surface area contributed by atoms with E-state index in [9.17, 15) is 18.0 Å². The number of carbonyl (C=O) groups is 1. The molecule has 98 valence electrons. The van der Waals surface area contributed by atoms with E-state index >= 15 is 0 Å². The van der Waals surface area contributed by atoms with Crippen LogP contribution in [-0.4, -0.2) is 36.1 Å². The SMILES string of the molecule is CC(C)C(N)C(=O)N1CC=C(C(F)(F)F)CC1. The molecule has 1 rings (SSSR count). The van der Waals surface area contributed by atoms with Crippen molar-refractivity contribution in [1.82, 2.24) is 4.90 Å². The molecule has 0 saturated heterocycles. The molecule has 0 spiro atoms. The number of alkyl halides is 3. The second-order valence-corrected chi connectivity index (χ2v) is 4.53. The van der Waals surface area contributed by atoms with Crippen molar-refractivity contribution in [3.63, 3.8) is 0 Å². The molecule has 0 aromatic rings. The van der Waals surface area contributed by atoms with E-state index in [1.54, 1.807) is 0 Å². The molecule has 0 aromatic carbocycles. The van der Waals surface area contributed by atoms with Gasteiger partial charge < -0.3 is 10.6 Å². The third-order valence-corrected chi connectivity index (χ3v) is 2.89. The molecular weight excluding hydrogens is 233 g/mol. The molecule has 1 aliphatic heterocycles. The number of nitrogens with zero attached hydrogens (tertiary/aromatic N) is 1. The Morgan fingerprint density at radius 1 is 1.47 bits per heavy atom.